The maximum absolute atomic E-state index is 13.2. The van der Waals surface area contributed by atoms with Gasteiger partial charge in [-0.25, -0.2) is 4.98 Å². The second-order valence-corrected chi connectivity index (χ2v) is 11.2. The van der Waals surface area contributed by atoms with E-state index in [0.29, 0.717) is 47.6 Å². The van der Waals surface area contributed by atoms with Crippen molar-refractivity contribution >= 4 is 57.9 Å². The summed E-state index contributed by atoms with van der Waals surface area (Å²) in [6, 6.07) is 21.1. The Morgan fingerprint density at radius 3 is 2.62 bits per heavy atom. The van der Waals surface area contributed by atoms with Crippen molar-refractivity contribution in [1.82, 2.24) is 14.9 Å². The van der Waals surface area contributed by atoms with E-state index < -0.39 is 0 Å². The van der Waals surface area contributed by atoms with Crippen molar-refractivity contribution in [3.05, 3.63) is 94.6 Å². The van der Waals surface area contributed by atoms with Crippen LogP contribution in [0.5, 0.6) is 0 Å². The molecule has 5 N–H and O–H groups in total. The Labute approximate surface area is 249 Å². The average molecular weight is 582 g/mol. The van der Waals surface area contributed by atoms with Crippen LogP contribution < -0.4 is 21.7 Å². The molecular formula is C32H32ClN7O2. The Kier molecular flexibility index (Phi) is 7.92. The van der Waals surface area contributed by atoms with E-state index in [9.17, 15) is 9.59 Å². The fourth-order valence-corrected chi connectivity index (χ4v) is 5.66. The number of fused-ring (bicyclic) bond motifs is 6. The summed E-state index contributed by atoms with van der Waals surface area (Å²) in [5.41, 5.74) is 11.7. The molecule has 6 rings (SSSR count). The minimum absolute atomic E-state index is 0.0142. The lowest BCUT2D eigenvalue weighted by molar-refractivity contribution is -0.117. The van der Waals surface area contributed by atoms with Gasteiger partial charge in [-0.15, -0.1) is 0 Å². The molecule has 0 atom stereocenters. The number of amides is 2. The Morgan fingerprint density at radius 1 is 0.976 bits per heavy atom. The van der Waals surface area contributed by atoms with E-state index in [1.54, 1.807) is 30.5 Å². The number of nitrogens with zero attached hydrogens (tertiary/aromatic N) is 3. The van der Waals surface area contributed by atoms with Gasteiger partial charge in [-0.05, 0) is 91.3 Å². The van der Waals surface area contributed by atoms with E-state index in [1.807, 2.05) is 35.2 Å². The number of carbonyl (C=O) groups excluding carboxylic acids is 2. The van der Waals surface area contributed by atoms with Gasteiger partial charge in [0.2, 0.25) is 11.9 Å². The third kappa shape index (κ3) is 6.47. The number of likely N-dealkylation sites (tertiary alicyclic amines) is 1. The minimum atomic E-state index is -0.0230. The molecule has 3 heterocycles. The molecule has 1 aromatic heterocycles. The number of halogens is 1. The van der Waals surface area contributed by atoms with Gasteiger partial charge in [0.1, 0.15) is 5.02 Å². The average Bonchev–Trinajstić information content (AvgIpc) is 2.99. The zero-order valence-corrected chi connectivity index (χ0v) is 23.8. The quantitative estimate of drug-likeness (QED) is 0.212. The van der Waals surface area contributed by atoms with Crippen molar-refractivity contribution in [3.63, 3.8) is 0 Å². The molecule has 2 aliphatic rings. The van der Waals surface area contributed by atoms with Gasteiger partial charge >= 0.3 is 0 Å². The van der Waals surface area contributed by atoms with Gasteiger partial charge in [0.15, 0.2) is 5.82 Å². The van der Waals surface area contributed by atoms with Crippen molar-refractivity contribution in [2.75, 3.05) is 34.8 Å². The summed E-state index contributed by atoms with van der Waals surface area (Å²) >= 11 is 6.39. The van der Waals surface area contributed by atoms with Crippen molar-refractivity contribution in [3.8, 4) is 0 Å². The zero-order valence-electron chi connectivity index (χ0n) is 23.1. The molecule has 3 aromatic carbocycles. The topological polar surface area (TPSA) is 125 Å². The van der Waals surface area contributed by atoms with E-state index in [0.717, 1.165) is 53.9 Å². The number of benzene rings is 3. The molecule has 1 saturated heterocycles. The maximum atomic E-state index is 13.2. The van der Waals surface area contributed by atoms with E-state index in [1.165, 1.54) is 0 Å². The smallest absolute Gasteiger partial charge is 0.253 e. The maximum Gasteiger partial charge on any atom is 0.253 e. The van der Waals surface area contributed by atoms with E-state index in [-0.39, 0.29) is 17.7 Å². The number of rotatable bonds is 4. The molecule has 0 unspecified atom stereocenters. The number of hydrogen-bond donors (Lipinski definition) is 4. The molecular weight excluding hydrogens is 550 g/mol. The fraction of sp³-hybridized carbons (Fsp3) is 0.250. The molecule has 4 aromatic rings. The summed E-state index contributed by atoms with van der Waals surface area (Å²) in [6.07, 6.45) is 5.06. The van der Waals surface area contributed by atoms with E-state index in [4.69, 9.17) is 17.3 Å². The molecule has 0 saturated carbocycles. The Balaban J connectivity index is 1.13. The van der Waals surface area contributed by atoms with Gasteiger partial charge in [0, 0.05) is 47.8 Å². The van der Waals surface area contributed by atoms with Crippen LogP contribution in [0, 0.1) is 5.92 Å². The highest BCUT2D eigenvalue weighted by molar-refractivity contribution is 6.32. The first-order valence-electron chi connectivity index (χ1n) is 14.1. The fourth-order valence-electron chi connectivity index (χ4n) is 5.52. The Hall–Kier alpha value is -4.63. The standard InChI is InChI=1S/C32H32ClN7O2/c33-27-19-35-32-37-25-6-1-3-20(15-25)7-8-22-18-26(36-30(27)39-32)9-10-28(22)38-29(41)16-21-11-13-40(14-12-21)31(42)23-4-2-5-24(34)17-23/h1-6,9-10,15,17-19,21H,7-8,11-14,16,34H2,(H,38,41)(H2,35,36,37,39). The van der Waals surface area contributed by atoms with Gasteiger partial charge in [-0.3, -0.25) is 9.59 Å². The monoisotopic (exact) mass is 581 g/mol. The first kappa shape index (κ1) is 27.5. The first-order chi connectivity index (χ1) is 20.4. The number of nitrogens with two attached hydrogens (primary N) is 1. The van der Waals surface area contributed by atoms with Gasteiger partial charge in [0.25, 0.3) is 5.91 Å². The molecule has 214 valence electrons. The number of hydrogen-bond acceptors (Lipinski definition) is 7. The number of anilines is 6. The lowest BCUT2D eigenvalue weighted by Crippen LogP contribution is -2.39. The summed E-state index contributed by atoms with van der Waals surface area (Å²) in [4.78, 5) is 36.8. The third-order valence-corrected chi connectivity index (χ3v) is 8.04. The summed E-state index contributed by atoms with van der Waals surface area (Å²) in [7, 11) is 0. The second kappa shape index (κ2) is 12.1. The molecule has 42 heavy (non-hydrogen) atoms. The minimum Gasteiger partial charge on any atom is -0.399 e. The van der Waals surface area contributed by atoms with Crippen molar-refractivity contribution < 1.29 is 9.59 Å². The van der Waals surface area contributed by atoms with Crippen LogP contribution in [0.4, 0.5) is 34.5 Å². The molecule has 0 spiro atoms. The highest BCUT2D eigenvalue weighted by atomic mass is 35.5. The summed E-state index contributed by atoms with van der Waals surface area (Å²) in [6.45, 7) is 1.25. The number of nitrogen functional groups attached to an aromatic ring is 1. The van der Waals surface area contributed by atoms with Gasteiger partial charge < -0.3 is 26.6 Å². The van der Waals surface area contributed by atoms with Crippen LogP contribution in [0.15, 0.2) is 72.9 Å². The Morgan fingerprint density at radius 2 is 1.79 bits per heavy atom. The summed E-state index contributed by atoms with van der Waals surface area (Å²) < 4.78 is 0. The first-order valence-corrected chi connectivity index (χ1v) is 14.5. The van der Waals surface area contributed by atoms with Crippen molar-refractivity contribution in [1.29, 1.82) is 0 Å². The molecule has 0 aliphatic carbocycles. The lowest BCUT2D eigenvalue weighted by atomic mass is 9.92. The van der Waals surface area contributed by atoms with Crippen LogP contribution in [0.2, 0.25) is 5.02 Å². The number of carbonyl (C=O) groups is 2. The van der Waals surface area contributed by atoms with Gasteiger partial charge in [0.05, 0.1) is 6.20 Å². The normalized spacial score (nSPS) is 14.8. The highest BCUT2D eigenvalue weighted by Crippen LogP contribution is 2.30. The predicted octanol–water partition coefficient (Wildman–Crippen LogP) is 6.18. The van der Waals surface area contributed by atoms with Crippen molar-refractivity contribution in [2.24, 2.45) is 5.92 Å². The predicted molar refractivity (Wildman–Crippen MR) is 167 cm³/mol. The lowest BCUT2D eigenvalue weighted by Gasteiger charge is -2.32. The van der Waals surface area contributed by atoms with Crippen molar-refractivity contribution in [2.45, 2.75) is 32.1 Å². The SMILES string of the molecule is Nc1cccc(C(=O)N2CCC(CC(=O)Nc3ccc4cc3CCc3cccc(c3)Nc3ncc(Cl)c(n3)N4)CC2)c1. The molecule has 0 radical (unpaired) electrons. The molecule has 2 aliphatic heterocycles. The molecule has 6 bridgehead atoms. The molecule has 1 fully saturated rings. The number of piperidine rings is 1. The van der Waals surface area contributed by atoms with Crippen LogP contribution in [0.1, 0.15) is 40.7 Å². The highest BCUT2D eigenvalue weighted by Gasteiger charge is 2.25. The van der Waals surface area contributed by atoms with Crippen LogP contribution in [-0.4, -0.2) is 39.8 Å². The van der Waals surface area contributed by atoms with Gasteiger partial charge in [-0.1, -0.05) is 29.8 Å². The number of aromatic nitrogens is 2. The third-order valence-electron chi connectivity index (χ3n) is 7.76. The largest absolute Gasteiger partial charge is 0.399 e. The second-order valence-electron chi connectivity index (χ2n) is 10.8. The molecule has 10 heteroatoms. The molecule has 9 nitrogen and oxygen atoms in total. The van der Waals surface area contributed by atoms with Gasteiger partial charge in [-0.2, -0.15) is 4.98 Å². The number of nitrogens with one attached hydrogen (secondary N) is 3. The summed E-state index contributed by atoms with van der Waals surface area (Å²) in [5.74, 6) is 1.12. The van der Waals surface area contributed by atoms with Crippen LogP contribution in [-0.2, 0) is 17.6 Å². The van der Waals surface area contributed by atoms with Crippen LogP contribution in [0.3, 0.4) is 0 Å². The molecule has 2 amide bonds. The Bertz CT molecular complexity index is 1640. The number of aryl methyl sites for hydroxylation is 2. The van der Waals surface area contributed by atoms with Crippen LogP contribution >= 0.6 is 11.6 Å². The summed E-state index contributed by atoms with van der Waals surface area (Å²) in [5, 5.41) is 10.1. The van der Waals surface area contributed by atoms with E-state index >= 15 is 0 Å². The zero-order chi connectivity index (χ0) is 29.1. The van der Waals surface area contributed by atoms with E-state index in [2.05, 4.69) is 38.1 Å². The van der Waals surface area contributed by atoms with Crippen LogP contribution in [0.25, 0.3) is 0 Å².